The first-order chi connectivity index (χ1) is 8.20. The molecule has 0 radical (unpaired) electrons. The Bertz CT molecular complexity index is 420. The largest absolute Gasteiger partial charge is 0.375 e. The minimum absolute atomic E-state index is 0.119. The molecule has 0 spiro atoms. The van der Waals surface area contributed by atoms with E-state index in [0.29, 0.717) is 6.42 Å². The Hall–Kier alpha value is -1.16. The molecule has 1 N–H and O–H groups in total. The van der Waals surface area contributed by atoms with Crippen molar-refractivity contribution in [2.24, 2.45) is 0 Å². The molecule has 1 aromatic carbocycles. The van der Waals surface area contributed by atoms with E-state index in [1.165, 1.54) is 11.3 Å². The first-order valence-electron chi connectivity index (χ1n) is 5.95. The third kappa shape index (κ3) is 2.94. The van der Waals surface area contributed by atoms with Crippen molar-refractivity contribution < 1.29 is 4.79 Å². The van der Waals surface area contributed by atoms with Crippen LogP contribution in [0, 0.1) is 0 Å². The number of nitrogens with zero attached hydrogens (tertiary/aromatic N) is 1. The zero-order valence-electron chi connectivity index (χ0n) is 10.1. The highest BCUT2D eigenvalue weighted by molar-refractivity contribution is 7.80. The highest BCUT2D eigenvalue weighted by Gasteiger charge is 2.15. The lowest BCUT2D eigenvalue weighted by atomic mass is 10.0. The maximum Gasteiger partial charge on any atom is 0.224 e. The Morgan fingerprint density at radius 1 is 1.41 bits per heavy atom. The van der Waals surface area contributed by atoms with E-state index in [-0.39, 0.29) is 5.91 Å². The molecule has 0 saturated carbocycles. The van der Waals surface area contributed by atoms with Gasteiger partial charge in [0.2, 0.25) is 5.91 Å². The molecule has 0 aliphatic carbocycles. The molecule has 92 valence electrons. The van der Waals surface area contributed by atoms with Gasteiger partial charge in [-0.3, -0.25) is 4.79 Å². The van der Waals surface area contributed by atoms with Gasteiger partial charge in [0.25, 0.3) is 0 Å². The third-order valence-electron chi connectivity index (χ3n) is 3.08. The van der Waals surface area contributed by atoms with Gasteiger partial charge in [0.05, 0.1) is 0 Å². The van der Waals surface area contributed by atoms with Crippen LogP contribution >= 0.6 is 12.6 Å². The number of anilines is 2. The number of carbonyl (C=O) groups is 1. The van der Waals surface area contributed by atoms with Crippen LogP contribution < -0.4 is 10.2 Å². The van der Waals surface area contributed by atoms with Crippen LogP contribution in [0.1, 0.15) is 18.4 Å². The summed E-state index contributed by atoms with van der Waals surface area (Å²) < 4.78 is 0. The van der Waals surface area contributed by atoms with Crippen molar-refractivity contribution in [3.05, 3.63) is 23.8 Å². The smallest absolute Gasteiger partial charge is 0.224 e. The molecule has 17 heavy (non-hydrogen) atoms. The van der Waals surface area contributed by atoms with Crippen LogP contribution in [0.2, 0.25) is 0 Å². The van der Waals surface area contributed by atoms with Crippen LogP contribution in [0.5, 0.6) is 0 Å². The van der Waals surface area contributed by atoms with Gasteiger partial charge in [-0.05, 0) is 42.4 Å². The molecule has 0 atom stereocenters. The second-order valence-electron chi connectivity index (χ2n) is 4.39. The molecule has 0 saturated heterocycles. The monoisotopic (exact) mass is 250 g/mol. The van der Waals surface area contributed by atoms with Gasteiger partial charge >= 0.3 is 0 Å². The molecular weight excluding hydrogens is 232 g/mol. The predicted octanol–water partition coefficient (Wildman–Crippen LogP) is 2.33. The average Bonchev–Trinajstić information content (AvgIpc) is 2.35. The van der Waals surface area contributed by atoms with E-state index in [1.807, 2.05) is 6.07 Å². The van der Waals surface area contributed by atoms with Crippen LogP contribution in [0.15, 0.2) is 18.2 Å². The first kappa shape index (κ1) is 12.3. The average molecular weight is 250 g/mol. The summed E-state index contributed by atoms with van der Waals surface area (Å²) in [6.45, 7) is 1.01. The van der Waals surface area contributed by atoms with Gasteiger partial charge in [0.1, 0.15) is 0 Å². The number of hydrogen-bond donors (Lipinski definition) is 2. The zero-order chi connectivity index (χ0) is 12.3. The van der Waals surface area contributed by atoms with Crippen molar-refractivity contribution in [2.75, 3.05) is 29.6 Å². The maximum absolute atomic E-state index is 11.3. The number of nitrogens with one attached hydrogen (secondary N) is 1. The van der Waals surface area contributed by atoms with Gasteiger partial charge in [0, 0.05) is 31.4 Å². The van der Waals surface area contributed by atoms with Crippen LogP contribution in [-0.2, 0) is 11.2 Å². The molecule has 0 unspecified atom stereocenters. The Labute approximate surface area is 108 Å². The van der Waals surface area contributed by atoms with Crippen LogP contribution in [0.3, 0.4) is 0 Å². The minimum Gasteiger partial charge on any atom is -0.375 e. The lowest BCUT2D eigenvalue weighted by Crippen LogP contribution is -2.21. The van der Waals surface area contributed by atoms with Crippen molar-refractivity contribution >= 4 is 29.9 Å². The quantitative estimate of drug-likeness (QED) is 0.804. The minimum atomic E-state index is 0.119. The zero-order valence-corrected chi connectivity index (χ0v) is 11.0. The second-order valence-corrected chi connectivity index (χ2v) is 4.84. The molecule has 1 heterocycles. The van der Waals surface area contributed by atoms with E-state index in [9.17, 15) is 4.79 Å². The van der Waals surface area contributed by atoms with E-state index in [2.05, 4.69) is 42.0 Å². The van der Waals surface area contributed by atoms with E-state index >= 15 is 0 Å². The van der Waals surface area contributed by atoms with E-state index < -0.39 is 0 Å². The summed E-state index contributed by atoms with van der Waals surface area (Å²) in [5, 5.41) is 2.90. The third-order valence-corrected chi connectivity index (χ3v) is 3.39. The van der Waals surface area contributed by atoms with E-state index in [1.54, 1.807) is 0 Å². The number of fused-ring (bicyclic) bond motifs is 1. The summed E-state index contributed by atoms with van der Waals surface area (Å²) in [6.07, 6.45) is 2.51. The number of rotatable bonds is 4. The summed E-state index contributed by atoms with van der Waals surface area (Å²) in [5.41, 5.74) is 3.41. The standard InChI is InChI=1S/C13H18N2OS/c1-15(7-2-8-17)11-4-5-12-10(9-11)3-6-13(16)14-12/h4-5,9,17H,2-3,6-8H2,1H3,(H,14,16). The van der Waals surface area contributed by atoms with Crippen molar-refractivity contribution in [1.82, 2.24) is 0 Å². The van der Waals surface area contributed by atoms with Gasteiger partial charge in [-0.2, -0.15) is 12.6 Å². The molecule has 1 amide bonds. The summed E-state index contributed by atoms with van der Waals surface area (Å²) in [4.78, 5) is 13.5. The Balaban J connectivity index is 2.13. The normalized spacial score (nSPS) is 14.1. The second kappa shape index (κ2) is 5.45. The van der Waals surface area contributed by atoms with Crippen molar-refractivity contribution in [2.45, 2.75) is 19.3 Å². The van der Waals surface area contributed by atoms with Crippen molar-refractivity contribution in [3.63, 3.8) is 0 Å². The highest BCUT2D eigenvalue weighted by atomic mass is 32.1. The molecule has 3 nitrogen and oxygen atoms in total. The fourth-order valence-electron chi connectivity index (χ4n) is 2.04. The van der Waals surface area contributed by atoms with Crippen molar-refractivity contribution in [1.29, 1.82) is 0 Å². The lowest BCUT2D eigenvalue weighted by molar-refractivity contribution is -0.116. The molecular formula is C13H18N2OS. The number of benzene rings is 1. The predicted molar refractivity (Wildman–Crippen MR) is 75.1 cm³/mol. The van der Waals surface area contributed by atoms with Crippen LogP contribution in [0.4, 0.5) is 11.4 Å². The lowest BCUT2D eigenvalue weighted by Gasteiger charge is -2.23. The molecule has 2 rings (SSSR count). The number of carbonyl (C=O) groups excluding carboxylic acids is 1. The SMILES string of the molecule is CN(CCCS)c1ccc2c(c1)CCC(=O)N2. The summed E-state index contributed by atoms with van der Waals surface area (Å²) in [6, 6.07) is 6.23. The molecule has 1 aliphatic rings. The van der Waals surface area contributed by atoms with Gasteiger partial charge < -0.3 is 10.2 Å². The number of aryl methyl sites for hydroxylation is 1. The summed E-state index contributed by atoms with van der Waals surface area (Å²) in [7, 11) is 2.09. The Kier molecular flexibility index (Phi) is 3.94. The van der Waals surface area contributed by atoms with Gasteiger partial charge in [0.15, 0.2) is 0 Å². The summed E-state index contributed by atoms with van der Waals surface area (Å²) in [5.74, 6) is 1.03. The maximum atomic E-state index is 11.3. The van der Waals surface area contributed by atoms with Crippen molar-refractivity contribution in [3.8, 4) is 0 Å². The van der Waals surface area contributed by atoms with Gasteiger partial charge in [-0.15, -0.1) is 0 Å². The topological polar surface area (TPSA) is 32.3 Å². The van der Waals surface area contributed by atoms with E-state index in [0.717, 1.165) is 30.8 Å². The molecule has 1 aliphatic heterocycles. The Morgan fingerprint density at radius 3 is 3.00 bits per heavy atom. The Morgan fingerprint density at radius 2 is 2.24 bits per heavy atom. The number of hydrogen-bond acceptors (Lipinski definition) is 3. The fourth-order valence-corrected chi connectivity index (χ4v) is 2.19. The molecule has 1 aromatic rings. The van der Waals surface area contributed by atoms with Gasteiger partial charge in [-0.1, -0.05) is 0 Å². The fraction of sp³-hybridized carbons (Fsp3) is 0.462. The number of thiol groups is 1. The van der Waals surface area contributed by atoms with Gasteiger partial charge in [-0.25, -0.2) is 0 Å². The first-order valence-corrected chi connectivity index (χ1v) is 6.58. The molecule has 0 fully saturated rings. The molecule has 4 heteroatoms. The number of amides is 1. The molecule has 0 aromatic heterocycles. The molecule has 0 bridgehead atoms. The summed E-state index contributed by atoms with van der Waals surface area (Å²) >= 11 is 4.22. The van der Waals surface area contributed by atoms with Crippen LogP contribution in [-0.4, -0.2) is 25.3 Å². The highest BCUT2D eigenvalue weighted by Crippen LogP contribution is 2.27. The van der Waals surface area contributed by atoms with Crippen LogP contribution in [0.25, 0.3) is 0 Å². The van der Waals surface area contributed by atoms with E-state index in [4.69, 9.17) is 0 Å².